The van der Waals surface area contributed by atoms with Crippen molar-refractivity contribution in [1.82, 2.24) is 0 Å². The van der Waals surface area contributed by atoms with Gasteiger partial charge in [0.2, 0.25) is 0 Å². The third-order valence-electron chi connectivity index (χ3n) is 3.69. The van der Waals surface area contributed by atoms with E-state index in [1.54, 1.807) is 24.3 Å². The number of ether oxygens (including phenoxy) is 2. The van der Waals surface area contributed by atoms with E-state index >= 15 is 0 Å². The molecule has 0 atom stereocenters. The number of anilines is 1. The maximum Gasteiger partial charge on any atom is 0.185 e. The molecule has 0 heterocycles. The number of hydrogen-bond donors (Lipinski definition) is 1. The molecule has 130 valence electrons. The lowest BCUT2D eigenvalue weighted by Gasteiger charge is -2.09. The van der Waals surface area contributed by atoms with Crippen molar-refractivity contribution < 1.29 is 14.3 Å². The van der Waals surface area contributed by atoms with Gasteiger partial charge in [0.15, 0.2) is 12.0 Å². The SMILES string of the molecule is Cc1cc(N)ccc1O/C(C=O)=C\c1cccc(Oc2ccccc2)c1. The van der Waals surface area contributed by atoms with Gasteiger partial charge in [-0.25, -0.2) is 0 Å². The van der Waals surface area contributed by atoms with E-state index in [0.29, 0.717) is 23.5 Å². The number of hydrogen-bond acceptors (Lipinski definition) is 4. The molecule has 0 amide bonds. The van der Waals surface area contributed by atoms with E-state index in [9.17, 15) is 4.79 Å². The van der Waals surface area contributed by atoms with Crippen molar-refractivity contribution in [2.24, 2.45) is 0 Å². The van der Waals surface area contributed by atoms with E-state index in [-0.39, 0.29) is 5.76 Å². The molecular formula is C22H19NO3. The van der Waals surface area contributed by atoms with Gasteiger partial charge in [0.1, 0.15) is 17.2 Å². The standard InChI is InChI=1S/C22H19NO3/c1-16-12-18(23)10-11-22(16)26-21(15-24)14-17-6-5-9-20(13-17)25-19-7-3-2-4-8-19/h2-15H,23H2,1H3/b21-14-. The Morgan fingerprint density at radius 2 is 1.69 bits per heavy atom. The molecule has 0 spiro atoms. The van der Waals surface area contributed by atoms with Crippen molar-refractivity contribution in [2.75, 3.05) is 5.73 Å². The van der Waals surface area contributed by atoms with Crippen LogP contribution in [0, 0.1) is 6.92 Å². The van der Waals surface area contributed by atoms with Crippen LogP contribution in [-0.2, 0) is 4.79 Å². The number of benzene rings is 3. The Bertz CT molecular complexity index is 933. The Morgan fingerprint density at radius 1 is 0.923 bits per heavy atom. The molecule has 0 aliphatic rings. The molecule has 0 aromatic heterocycles. The lowest BCUT2D eigenvalue weighted by molar-refractivity contribution is -0.106. The van der Waals surface area contributed by atoms with Gasteiger partial charge in [-0.3, -0.25) is 4.79 Å². The quantitative estimate of drug-likeness (QED) is 0.296. The van der Waals surface area contributed by atoms with Gasteiger partial charge in [0, 0.05) is 5.69 Å². The van der Waals surface area contributed by atoms with E-state index in [4.69, 9.17) is 15.2 Å². The third kappa shape index (κ3) is 4.51. The van der Waals surface area contributed by atoms with Crippen molar-refractivity contribution in [3.05, 3.63) is 89.7 Å². The minimum Gasteiger partial charge on any atom is -0.457 e. The second-order valence-electron chi connectivity index (χ2n) is 5.78. The Hall–Kier alpha value is -3.53. The molecule has 0 unspecified atom stereocenters. The van der Waals surface area contributed by atoms with Gasteiger partial charge in [0.25, 0.3) is 0 Å². The van der Waals surface area contributed by atoms with E-state index in [1.165, 1.54) is 0 Å². The number of para-hydroxylation sites is 1. The highest BCUT2D eigenvalue weighted by atomic mass is 16.5. The largest absolute Gasteiger partial charge is 0.457 e. The maximum atomic E-state index is 11.4. The highest BCUT2D eigenvalue weighted by Gasteiger charge is 2.05. The van der Waals surface area contributed by atoms with E-state index < -0.39 is 0 Å². The van der Waals surface area contributed by atoms with E-state index in [2.05, 4.69) is 0 Å². The lowest BCUT2D eigenvalue weighted by atomic mass is 10.2. The van der Waals surface area contributed by atoms with Crippen molar-refractivity contribution in [3.8, 4) is 17.2 Å². The van der Waals surface area contributed by atoms with Crippen LogP contribution in [0.4, 0.5) is 5.69 Å². The monoisotopic (exact) mass is 345 g/mol. The fourth-order valence-electron chi connectivity index (χ4n) is 2.46. The highest BCUT2D eigenvalue weighted by molar-refractivity contribution is 5.80. The molecule has 0 radical (unpaired) electrons. The predicted molar refractivity (Wildman–Crippen MR) is 103 cm³/mol. The molecule has 3 aromatic rings. The van der Waals surface area contributed by atoms with Crippen molar-refractivity contribution >= 4 is 18.0 Å². The molecule has 26 heavy (non-hydrogen) atoms. The van der Waals surface area contributed by atoms with Crippen molar-refractivity contribution in [3.63, 3.8) is 0 Å². The predicted octanol–water partition coefficient (Wildman–Crippen LogP) is 4.99. The molecule has 0 saturated carbocycles. The summed E-state index contributed by atoms with van der Waals surface area (Å²) in [4.78, 5) is 11.4. The van der Waals surface area contributed by atoms with Crippen molar-refractivity contribution in [2.45, 2.75) is 6.92 Å². The normalized spacial score (nSPS) is 11.0. The zero-order valence-electron chi connectivity index (χ0n) is 14.4. The topological polar surface area (TPSA) is 61.5 Å². The number of carbonyl (C=O) groups excluding carboxylic acids is 1. The van der Waals surface area contributed by atoms with Crippen LogP contribution >= 0.6 is 0 Å². The van der Waals surface area contributed by atoms with Gasteiger partial charge < -0.3 is 15.2 Å². The van der Waals surface area contributed by atoms with E-state index in [1.807, 2.05) is 61.5 Å². The first-order chi connectivity index (χ1) is 12.6. The summed E-state index contributed by atoms with van der Waals surface area (Å²) in [5.74, 6) is 2.22. The molecule has 0 aliphatic carbocycles. The highest BCUT2D eigenvalue weighted by Crippen LogP contribution is 2.25. The van der Waals surface area contributed by atoms with Crippen LogP contribution < -0.4 is 15.2 Å². The van der Waals surface area contributed by atoms with Gasteiger partial charge in [-0.15, -0.1) is 0 Å². The smallest absolute Gasteiger partial charge is 0.185 e. The van der Waals surface area contributed by atoms with Gasteiger partial charge in [-0.05, 0) is 66.6 Å². The second kappa shape index (κ2) is 8.03. The maximum absolute atomic E-state index is 11.4. The number of aldehydes is 1. The number of nitrogen functional groups attached to an aromatic ring is 1. The molecule has 0 fully saturated rings. The van der Waals surface area contributed by atoms with Crippen molar-refractivity contribution in [1.29, 1.82) is 0 Å². The molecule has 3 aromatic carbocycles. The second-order valence-corrected chi connectivity index (χ2v) is 5.78. The first-order valence-corrected chi connectivity index (χ1v) is 8.18. The summed E-state index contributed by atoms with van der Waals surface area (Å²) < 4.78 is 11.5. The summed E-state index contributed by atoms with van der Waals surface area (Å²) >= 11 is 0. The lowest BCUT2D eigenvalue weighted by Crippen LogP contribution is -1.99. The van der Waals surface area contributed by atoms with Crippen LogP contribution in [0.5, 0.6) is 17.2 Å². The van der Waals surface area contributed by atoms with Gasteiger partial charge in [-0.1, -0.05) is 30.3 Å². The Labute approximate surface area is 152 Å². The summed E-state index contributed by atoms with van der Waals surface area (Å²) in [6, 6.07) is 22.2. The summed E-state index contributed by atoms with van der Waals surface area (Å²) in [6.07, 6.45) is 2.35. The summed E-state index contributed by atoms with van der Waals surface area (Å²) in [5.41, 5.74) is 8.05. The number of aryl methyl sites for hydroxylation is 1. The summed E-state index contributed by atoms with van der Waals surface area (Å²) in [5, 5.41) is 0. The molecule has 4 nitrogen and oxygen atoms in total. The fourth-order valence-corrected chi connectivity index (χ4v) is 2.46. The average molecular weight is 345 g/mol. The average Bonchev–Trinajstić information content (AvgIpc) is 2.64. The zero-order valence-corrected chi connectivity index (χ0v) is 14.4. The first kappa shape index (κ1) is 17.3. The molecule has 0 bridgehead atoms. The molecule has 0 saturated heterocycles. The first-order valence-electron chi connectivity index (χ1n) is 8.18. The van der Waals surface area contributed by atoms with Crippen LogP contribution in [-0.4, -0.2) is 6.29 Å². The number of nitrogens with two attached hydrogens (primary N) is 1. The minimum absolute atomic E-state index is 0.203. The Kier molecular flexibility index (Phi) is 5.34. The third-order valence-corrected chi connectivity index (χ3v) is 3.69. The van der Waals surface area contributed by atoms with Crippen LogP contribution in [0.15, 0.2) is 78.6 Å². The molecular weight excluding hydrogens is 326 g/mol. The molecule has 3 rings (SSSR count). The Morgan fingerprint density at radius 3 is 2.42 bits per heavy atom. The van der Waals surface area contributed by atoms with E-state index in [0.717, 1.165) is 16.9 Å². The molecule has 2 N–H and O–H groups in total. The molecule has 4 heteroatoms. The summed E-state index contributed by atoms with van der Waals surface area (Å²) in [7, 11) is 0. The minimum atomic E-state index is 0.203. The van der Waals surface area contributed by atoms with Gasteiger partial charge >= 0.3 is 0 Å². The van der Waals surface area contributed by atoms with Crippen LogP contribution in [0.3, 0.4) is 0 Å². The zero-order chi connectivity index (χ0) is 18.4. The van der Waals surface area contributed by atoms with Crippen LogP contribution in [0.25, 0.3) is 6.08 Å². The fraction of sp³-hybridized carbons (Fsp3) is 0.0455. The van der Waals surface area contributed by atoms with Gasteiger partial charge in [0.05, 0.1) is 0 Å². The van der Waals surface area contributed by atoms with Gasteiger partial charge in [-0.2, -0.15) is 0 Å². The number of carbonyl (C=O) groups is 1. The van der Waals surface area contributed by atoms with Crippen LogP contribution in [0.2, 0.25) is 0 Å². The summed E-state index contributed by atoms with van der Waals surface area (Å²) in [6.45, 7) is 1.88. The number of allylic oxidation sites excluding steroid dienone is 1. The van der Waals surface area contributed by atoms with Crippen LogP contribution in [0.1, 0.15) is 11.1 Å². The Balaban J connectivity index is 1.80. The number of rotatable bonds is 6. The molecule has 0 aliphatic heterocycles.